The maximum atomic E-state index is 2.33. The average Bonchev–Trinajstić information content (AvgIpc) is 3.13. The molecular weight excluding hydrogens is 553 g/mol. The second kappa shape index (κ2) is 10.9. The largest absolute Gasteiger partial charge is 0.0616 e. The van der Waals surface area contributed by atoms with Crippen LogP contribution >= 0.6 is 0 Å². The normalized spacial score (nSPS) is 11.5. The molecule has 46 heavy (non-hydrogen) atoms. The Kier molecular flexibility index (Phi) is 6.25. The van der Waals surface area contributed by atoms with E-state index >= 15 is 0 Å². The minimum Gasteiger partial charge on any atom is -0.0616 e. The van der Waals surface area contributed by atoms with Crippen molar-refractivity contribution in [3.63, 3.8) is 0 Å². The van der Waals surface area contributed by atoms with Crippen molar-refractivity contribution >= 4 is 43.1 Å². The van der Waals surface area contributed by atoms with Crippen molar-refractivity contribution in [2.75, 3.05) is 0 Å². The Morgan fingerprint density at radius 2 is 0.587 bits per heavy atom. The summed E-state index contributed by atoms with van der Waals surface area (Å²) in [7, 11) is 0. The molecule has 0 bridgehead atoms. The Morgan fingerprint density at radius 1 is 0.196 bits per heavy atom. The fourth-order valence-corrected chi connectivity index (χ4v) is 7.04. The molecule has 0 saturated carbocycles. The van der Waals surface area contributed by atoms with Gasteiger partial charge in [-0.2, -0.15) is 0 Å². The van der Waals surface area contributed by atoms with E-state index in [0.717, 1.165) is 0 Å². The van der Waals surface area contributed by atoms with Crippen LogP contribution in [-0.2, 0) is 0 Å². The molecule has 214 valence electrons. The first kappa shape index (κ1) is 26.4. The van der Waals surface area contributed by atoms with Gasteiger partial charge in [0.25, 0.3) is 0 Å². The standard InChI is InChI=1S/C46H30/c1-3-17-43-31(9-1)11-7-19-45(43)39-15-5-13-33(25-39)35-21-23-37-30-42-28-36(22-24-38(42)29-41(37)27-35)34-14-6-16-40(26-34)46-20-8-12-32-10-2-4-18-44(32)46/h1-30H. The summed E-state index contributed by atoms with van der Waals surface area (Å²) < 4.78 is 0. The van der Waals surface area contributed by atoms with Gasteiger partial charge in [-0.25, -0.2) is 0 Å². The summed E-state index contributed by atoms with van der Waals surface area (Å²) in [6.45, 7) is 0. The summed E-state index contributed by atoms with van der Waals surface area (Å²) in [5.74, 6) is 0. The highest BCUT2D eigenvalue weighted by Crippen LogP contribution is 2.36. The van der Waals surface area contributed by atoms with E-state index in [0.29, 0.717) is 0 Å². The third-order valence-electron chi connectivity index (χ3n) is 9.39. The molecular formula is C46H30. The molecule has 0 N–H and O–H groups in total. The van der Waals surface area contributed by atoms with Gasteiger partial charge in [0.2, 0.25) is 0 Å². The number of hydrogen-bond donors (Lipinski definition) is 0. The quantitative estimate of drug-likeness (QED) is 0.181. The van der Waals surface area contributed by atoms with Crippen molar-refractivity contribution in [2.24, 2.45) is 0 Å². The molecule has 0 aliphatic rings. The highest BCUT2D eigenvalue weighted by molar-refractivity contribution is 6.02. The minimum absolute atomic E-state index is 1.23. The van der Waals surface area contributed by atoms with Crippen LogP contribution < -0.4 is 0 Å². The van der Waals surface area contributed by atoms with E-state index in [1.165, 1.54) is 87.6 Å². The molecule has 0 radical (unpaired) electrons. The van der Waals surface area contributed by atoms with Gasteiger partial charge in [0, 0.05) is 0 Å². The SMILES string of the molecule is c1cc(-c2ccc3cc4cc(-c5cccc(-c6cccc7ccccc67)c5)ccc4cc3c2)cc(-c2cccc3ccccc23)c1. The van der Waals surface area contributed by atoms with Gasteiger partial charge in [-0.15, -0.1) is 0 Å². The molecule has 0 atom stereocenters. The van der Waals surface area contributed by atoms with Gasteiger partial charge in [-0.05, 0) is 124 Å². The van der Waals surface area contributed by atoms with Crippen molar-refractivity contribution in [3.05, 3.63) is 182 Å². The monoisotopic (exact) mass is 582 g/mol. The van der Waals surface area contributed by atoms with E-state index < -0.39 is 0 Å². The van der Waals surface area contributed by atoms with Gasteiger partial charge >= 0.3 is 0 Å². The van der Waals surface area contributed by atoms with E-state index in [1.54, 1.807) is 0 Å². The van der Waals surface area contributed by atoms with Gasteiger partial charge in [-0.3, -0.25) is 0 Å². The lowest BCUT2D eigenvalue weighted by Gasteiger charge is -2.11. The van der Waals surface area contributed by atoms with Crippen LogP contribution in [-0.4, -0.2) is 0 Å². The van der Waals surface area contributed by atoms with Crippen molar-refractivity contribution in [3.8, 4) is 44.5 Å². The van der Waals surface area contributed by atoms with Crippen LogP contribution in [0.15, 0.2) is 182 Å². The maximum Gasteiger partial charge on any atom is -0.0105 e. The van der Waals surface area contributed by atoms with Gasteiger partial charge < -0.3 is 0 Å². The molecule has 0 heterocycles. The third kappa shape index (κ3) is 4.64. The molecule has 0 aliphatic heterocycles. The fraction of sp³-hybridized carbons (Fsp3) is 0. The number of hydrogen-bond acceptors (Lipinski definition) is 0. The van der Waals surface area contributed by atoms with Crippen LogP contribution in [0.5, 0.6) is 0 Å². The van der Waals surface area contributed by atoms with Crippen molar-refractivity contribution in [2.45, 2.75) is 0 Å². The zero-order valence-corrected chi connectivity index (χ0v) is 25.3. The molecule has 0 heteroatoms. The smallest absolute Gasteiger partial charge is 0.0105 e. The molecule has 9 aromatic carbocycles. The first-order valence-corrected chi connectivity index (χ1v) is 15.9. The van der Waals surface area contributed by atoms with Gasteiger partial charge in [-0.1, -0.05) is 146 Å². The van der Waals surface area contributed by atoms with Crippen LogP contribution in [0.25, 0.3) is 87.6 Å². The summed E-state index contributed by atoms with van der Waals surface area (Å²) in [6, 6.07) is 66.6. The van der Waals surface area contributed by atoms with E-state index in [4.69, 9.17) is 0 Å². The summed E-state index contributed by atoms with van der Waals surface area (Å²) in [6.07, 6.45) is 0. The first-order chi connectivity index (χ1) is 22.8. The molecule has 0 fully saturated rings. The molecule has 0 spiro atoms. The van der Waals surface area contributed by atoms with Gasteiger partial charge in [0.15, 0.2) is 0 Å². The predicted octanol–water partition coefficient (Wildman–Crippen LogP) is 13.0. The summed E-state index contributed by atoms with van der Waals surface area (Å²) >= 11 is 0. The van der Waals surface area contributed by atoms with E-state index in [-0.39, 0.29) is 0 Å². The first-order valence-electron chi connectivity index (χ1n) is 15.9. The molecule has 0 aromatic heterocycles. The second-order valence-electron chi connectivity index (χ2n) is 12.2. The number of fused-ring (bicyclic) bond motifs is 4. The topological polar surface area (TPSA) is 0 Å². The lowest BCUT2D eigenvalue weighted by Crippen LogP contribution is -1.85. The van der Waals surface area contributed by atoms with Crippen molar-refractivity contribution < 1.29 is 0 Å². The Morgan fingerprint density at radius 3 is 1.09 bits per heavy atom. The summed E-state index contributed by atoms with van der Waals surface area (Å²) in [5, 5.41) is 10.1. The predicted molar refractivity (Wildman–Crippen MR) is 198 cm³/mol. The Hall–Kier alpha value is -5.98. The highest BCUT2D eigenvalue weighted by atomic mass is 14.1. The van der Waals surface area contributed by atoms with Crippen LogP contribution in [0.1, 0.15) is 0 Å². The van der Waals surface area contributed by atoms with E-state index in [9.17, 15) is 0 Å². The number of rotatable bonds is 4. The lowest BCUT2D eigenvalue weighted by atomic mass is 9.93. The zero-order chi connectivity index (χ0) is 30.5. The molecule has 0 amide bonds. The molecule has 9 aromatic rings. The van der Waals surface area contributed by atoms with Gasteiger partial charge in [0.1, 0.15) is 0 Å². The average molecular weight is 583 g/mol. The Balaban J connectivity index is 1.07. The molecule has 0 aliphatic carbocycles. The van der Waals surface area contributed by atoms with Crippen LogP contribution in [0, 0.1) is 0 Å². The number of benzene rings is 9. The summed E-state index contributed by atoms with van der Waals surface area (Å²) in [5.41, 5.74) is 9.94. The molecule has 0 nitrogen and oxygen atoms in total. The Labute approximate surface area is 268 Å². The third-order valence-corrected chi connectivity index (χ3v) is 9.39. The second-order valence-corrected chi connectivity index (χ2v) is 12.2. The van der Waals surface area contributed by atoms with E-state index in [2.05, 4.69) is 182 Å². The fourth-order valence-electron chi connectivity index (χ4n) is 7.04. The summed E-state index contributed by atoms with van der Waals surface area (Å²) in [4.78, 5) is 0. The van der Waals surface area contributed by atoms with Gasteiger partial charge in [0.05, 0.1) is 0 Å². The van der Waals surface area contributed by atoms with Crippen LogP contribution in [0.2, 0.25) is 0 Å². The maximum absolute atomic E-state index is 2.33. The highest BCUT2D eigenvalue weighted by Gasteiger charge is 2.09. The van der Waals surface area contributed by atoms with E-state index in [1.807, 2.05) is 0 Å². The molecule has 0 unspecified atom stereocenters. The van der Waals surface area contributed by atoms with Crippen LogP contribution in [0.3, 0.4) is 0 Å². The molecule has 0 saturated heterocycles. The lowest BCUT2D eigenvalue weighted by molar-refractivity contribution is 1.61. The molecule has 9 rings (SSSR count). The minimum atomic E-state index is 1.23. The Bertz CT molecular complexity index is 2390. The van der Waals surface area contributed by atoms with Crippen LogP contribution in [0.4, 0.5) is 0 Å². The zero-order valence-electron chi connectivity index (χ0n) is 25.3. The van der Waals surface area contributed by atoms with Crippen molar-refractivity contribution in [1.29, 1.82) is 0 Å². The van der Waals surface area contributed by atoms with Crippen molar-refractivity contribution in [1.82, 2.24) is 0 Å².